The molecule has 6 nitrogen and oxygen atoms in total. The maximum absolute atomic E-state index is 12.1. The van der Waals surface area contributed by atoms with Crippen LogP contribution in [0.5, 0.6) is 0 Å². The molecule has 0 unspecified atom stereocenters. The van der Waals surface area contributed by atoms with Gasteiger partial charge in [-0.1, -0.05) is 0 Å². The second-order valence-electron chi connectivity index (χ2n) is 4.83. The van der Waals surface area contributed by atoms with Gasteiger partial charge in [0.15, 0.2) is 0 Å². The number of aryl methyl sites for hydroxylation is 1. The summed E-state index contributed by atoms with van der Waals surface area (Å²) >= 11 is 0. The van der Waals surface area contributed by atoms with Crippen molar-refractivity contribution in [3.05, 3.63) is 16.3 Å². The van der Waals surface area contributed by atoms with E-state index in [4.69, 9.17) is 4.74 Å². The van der Waals surface area contributed by atoms with Crippen LogP contribution >= 0.6 is 0 Å². The van der Waals surface area contributed by atoms with Crippen LogP contribution in [-0.2, 0) is 11.8 Å². The molecule has 1 N–H and O–H groups in total. The Morgan fingerprint density at radius 3 is 2.65 bits per heavy atom. The lowest BCUT2D eigenvalue weighted by Crippen LogP contribution is -2.47. The van der Waals surface area contributed by atoms with Crippen molar-refractivity contribution < 1.29 is 4.74 Å². The largest absolute Gasteiger partial charge is 0.381 e. The topological polar surface area (TPSA) is 61.1 Å². The van der Waals surface area contributed by atoms with Crippen molar-refractivity contribution in [2.75, 3.05) is 26.3 Å². The van der Waals surface area contributed by atoms with Crippen molar-refractivity contribution in [2.24, 2.45) is 7.05 Å². The molecule has 0 spiro atoms. The van der Waals surface area contributed by atoms with Crippen LogP contribution in [0, 0.1) is 0 Å². The molecular weight excluding hydrogens is 220 g/mol. The van der Waals surface area contributed by atoms with Crippen molar-refractivity contribution in [3.63, 3.8) is 0 Å². The summed E-state index contributed by atoms with van der Waals surface area (Å²) in [5.74, 6) is 1.32. The van der Waals surface area contributed by atoms with Crippen LogP contribution < -0.4 is 11.0 Å². The summed E-state index contributed by atoms with van der Waals surface area (Å²) in [5.41, 5.74) is 0.0120. The molecule has 1 aromatic heterocycles. The second-order valence-corrected chi connectivity index (χ2v) is 4.83. The van der Waals surface area contributed by atoms with Gasteiger partial charge in [-0.15, -0.1) is 0 Å². The number of ether oxygens (including phenoxy) is 1. The highest BCUT2D eigenvalue weighted by Crippen LogP contribution is 2.26. The first-order valence-electron chi connectivity index (χ1n) is 6.21. The van der Waals surface area contributed by atoms with Gasteiger partial charge in [0.1, 0.15) is 5.82 Å². The van der Waals surface area contributed by atoms with Crippen molar-refractivity contribution in [1.82, 2.24) is 19.7 Å². The lowest BCUT2D eigenvalue weighted by molar-refractivity contribution is 0.0818. The zero-order valence-electron chi connectivity index (χ0n) is 10.1. The molecule has 0 radical (unpaired) electrons. The maximum atomic E-state index is 12.1. The highest BCUT2D eigenvalue weighted by molar-refractivity contribution is 5.03. The molecule has 0 aliphatic carbocycles. The van der Waals surface area contributed by atoms with Crippen molar-refractivity contribution >= 4 is 0 Å². The Kier molecular flexibility index (Phi) is 2.76. The first-order valence-corrected chi connectivity index (χ1v) is 6.21. The quantitative estimate of drug-likeness (QED) is 0.763. The van der Waals surface area contributed by atoms with Crippen LogP contribution in [-0.4, -0.2) is 40.7 Å². The first kappa shape index (κ1) is 11.0. The minimum Gasteiger partial charge on any atom is -0.381 e. The minimum atomic E-state index is 0.0120. The Hall–Kier alpha value is -1.14. The van der Waals surface area contributed by atoms with Gasteiger partial charge in [-0.3, -0.25) is 4.57 Å². The molecule has 2 fully saturated rings. The molecule has 0 atom stereocenters. The zero-order valence-corrected chi connectivity index (χ0v) is 10.1. The smallest absolute Gasteiger partial charge is 0.346 e. The fraction of sp³-hybridized carbons (Fsp3) is 0.818. The minimum absolute atomic E-state index is 0.0120. The standard InChI is InChI=1S/C11H18N4O2/c1-14-11(16)15(9-6-12-7-9)10(13-14)8-2-4-17-5-3-8/h8-9,12H,2-7H2,1H3. The molecule has 6 heteroatoms. The molecule has 1 aromatic rings. The predicted octanol–water partition coefficient (Wildman–Crippen LogP) is -0.380. The van der Waals surface area contributed by atoms with Crippen LogP contribution in [0.3, 0.4) is 0 Å². The third-order valence-corrected chi connectivity index (χ3v) is 3.69. The Bertz CT molecular complexity index is 455. The molecule has 0 aromatic carbocycles. The van der Waals surface area contributed by atoms with Gasteiger partial charge in [0.2, 0.25) is 0 Å². The molecule has 3 rings (SSSR count). The normalized spacial score (nSPS) is 22.6. The van der Waals surface area contributed by atoms with Gasteiger partial charge in [0, 0.05) is 39.3 Å². The third-order valence-electron chi connectivity index (χ3n) is 3.69. The maximum Gasteiger partial charge on any atom is 0.346 e. The van der Waals surface area contributed by atoms with Gasteiger partial charge in [-0.25, -0.2) is 9.48 Å². The molecule has 0 bridgehead atoms. The fourth-order valence-electron chi connectivity index (χ4n) is 2.53. The summed E-state index contributed by atoms with van der Waals surface area (Å²) in [6, 6.07) is 0.286. The van der Waals surface area contributed by atoms with Gasteiger partial charge in [0.25, 0.3) is 0 Å². The monoisotopic (exact) mass is 238 g/mol. The number of nitrogens with one attached hydrogen (secondary N) is 1. The molecule has 0 amide bonds. The molecule has 2 aliphatic rings. The lowest BCUT2D eigenvalue weighted by Gasteiger charge is -2.30. The Balaban J connectivity index is 1.96. The first-order chi connectivity index (χ1) is 8.27. The van der Waals surface area contributed by atoms with Crippen molar-refractivity contribution in [1.29, 1.82) is 0 Å². The second kappa shape index (κ2) is 4.27. The van der Waals surface area contributed by atoms with E-state index in [2.05, 4.69) is 10.4 Å². The summed E-state index contributed by atoms with van der Waals surface area (Å²) in [6.45, 7) is 3.31. The molecule has 2 aliphatic heterocycles. The highest BCUT2D eigenvalue weighted by atomic mass is 16.5. The number of nitrogens with zero attached hydrogens (tertiary/aromatic N) is 3. The van der Waals surface area contributed by atoms with Crippen LogP contribution in [0.1, 0.15) is 30.6 Å². The number of hydrogen-bond acceptors (Lipinski definition) is 4. The molecular formula is C11H18N4O2. The van der Waals surface area contributed by atoms with Crippen LogP contribution in [0.2, 0.25) is 0 Å². The summed E-state index contributed by atoms with van der Waals surface area (Å²) in [6.07, 6.45) is 1.94. The van der Waals surface area contributed by atoms with E-state index in [9.17, 15) is 4.79 Å². The van der Waals surface area contributed by atoms with E-state index in [-0.39, 0.29) is 11.7 Å². The SMILES string of the molecule is Cn1nc(C2CCOCC2)n(C2CNC2)c1=O. The predicted molar refractivity (Wildman–Crippen MR) is 62.2 cm³/mol. The Morgan fingerprint density at radius 2 is 2.06 bits per heavy atom. The molecule has 3 heterocycles. The highest BCUT2D eigenvalue weighted by Gasteiger charge is 2.29. The average molecular weight is 238 g/mol. The molecule has 2 saturated heterocycles. The van der Waals surface area contributed by atoms with Crippen molar-refractivity contribution in [2.45, 2.75) is 24.8 Å². The van der Waals surface area contributed by atoms with E-state index in [0.717, 1.165) is 45.0 Å². The van der Waals surface area contributed by atoms with E-state index in [1.165, 1.54) is 4.68 Å². The Labute approximate surface area is 99.6 Å². The zero-order chi connectivity index (χ0) is 11.8. The van der Waals surface area contributed by atoms with Crippen LogP contribution in [0.15, 0.2) is 4.79 Å². The van der Waals surface area contributed by atoms with E-state index < -0.39 is 0 Å². The Morgan fingerprint density at radius 1 is 1.35 bits per heavy atom. The molecule has 94 valence electrons. The lowest BCUT2D eigenvalue weighted by atomic mass is 9.98. The summed E-state index contributed by atoms with van der Waals surface area (Å²) in [7, 11) is 1.73. The van der Waals surface area contributed by atoms with Crippen LogP contribution in [0.4, 0.5) is 0 Å². The fourth-order valence-corrected chi connectivity index (χ4v) is 2.53. The summed E-state index contributed by atoms with van der Waals surface area (Å²) < 4.78 is 8.71. The van der Waals surface area contributed by atoms with E-state index >= 15 is 0 Å². The van der Waals surface area contributed by atoms with Gasteiger partial charge < -0.3 is 10.1 Å². The summed E-state index contributed by atoms with van der Waals surface area (Å²) in [5, 5.41) is 7.63. The molecule has 0 saturated carbocycles. The van der Waals surface area contributed by atoms with Crippen LogP contribution in [0.25, 0.3) is 0 Å². The van der Waals surface area contributed by atoms with Crippen molar-refractivity contribution in [3.8, 4) is 0 Å². The van der Waals surface area contributed by atoms with Gasteiger partial charge in [-0.05, 0) is 12.8 Å². The number of hydrogen-bond donors (Lipinski definition) is 1. The summed E-state index contributed by atoms with van der Waals surface area (Å²) in [4.78, 5) is 12.1. The van der Waals surface area contributed by atoms with Gasteiger partial charge >= 0.3 is 5.69 Å². The van der Waals surface area contributed by atoms with E-state index in [1.54, 1.807) is 7.05 Å². The number of aromatic nitrogens is 3. The van der Waals surface area contributed by atoms with E-state index in [0.29, 0.717) is 5.92 Å². The average Bonchev–Trinajstić information content (AvgIpc) is 2.57. The van der Waals surface area contributed by atoms with Gasteiger partial charge in [-0.2, -0.15) is 5.10 Å². The third kappa shape index (κ3) is 1.81. The van der Waals surface area contributed by atoms with Gasteiger partial charge in [0.05, 0.1) is 6.04 Å². The van der Waals surface area contributed by atoms with E-state index in [1.807, 2.05) is 4.57 Å². The number of rotatable bonds is 2. The molecule has 17 heavy (non-hydrogen) atoms.